The third-order valence-electron chi connectivity index (χ3n) is 7.10. The van der Waals surface area contributed by atoms with Gasteiger partial charge in [-0.05, 0) is 55.3 Å². The average molecular weight is 459 g/mol. The lowest BCUT2D eigenvalue weighted by Gasteiger charge is -2.53. The minimum atomic E-state index is -0.762. The van der Waals surface area contributed by atoms with Gasteiger partial charge >= 0.3 is 0 Å². The molecule has 166 valence electrons. The number of carbonyl (C=O) groups excluding carboxylic acids is 1. The lowest BCUT2D eigenvalue weighted by Crippen LogP contribution is -2.67. The molecule has 0 N–H and O–H groups in total. The number of amides is 1. The Hall–Kier alpha value is -3.45. The largest absolute Gasteiger partial charge is 0.363 e. The van der Waals surface area contributed by atoms with Crippen molar-refractivity contribution in [1.29, 1.82) is 0 Å². The minimum Gasteiger partial charge on any atom is -0.363 e. The third kappa shape index (κ3) is 3.03. The quantitative estimate of drug-likeness (QED) is 0.584. The number of hydrogen-bond donors (Lipinski definition) is 0. The fraction of sp³-hybridized carbons (Fsp3) is 0.280. The van der Waals surface area contributed by atoms with Gasteiger partial charge in [-0.15, -0.1) is 0 Å². The molecule has 0 unspecified atom stereocenters. The van der Waals surface area contributed by atoms with E-state index in [9.17, 15) is 4.79 Å². The summed E-state index contributed by atoms with van der Waals surface area (Å²) in [4.78, 5) is 27.7. The Morgan fingerprint density at radius 1 is 1.00 bits per heavy atom. The van der Waals surface area contributed by atoms with E-state index in [1.54, 1.807) is 29.5 Å². The molecule has 3 aliphatic rings. The third-order valence-corrected chi connectivity index (χ3v) is 7.35. The second-order valence-electron chi connectivity index (χ2n) is 8.76. The van der Waals surface area contributed by atoms with E-state index in [0.717, 1.165) is 24.5 Å². The summed E-state index contributed by atoms with van der Waals surface area (Å²) in [5.74, 6) is 0.698. The van der Waals surface area contributed by atoms with Crippen molar-refractivity contribution in [1.82, 2.24) is 9.97 Å². The Morgan fingerprint density at radius 3 is 2.55 bits per heavy atom. The lowest BCUT2D eigenvalue weighted by molar-refractivity contribution is -0.125. The summed E-state index contributed by atoms with van der Waals surface area (Å²) in [6.45, 7) is 4.20. The number of carbonyl (C=O) groups is 1. The molecule has 1 aromatic heterocycles. The molecule has 2 atom stereocenters. The molecule has 1 fully saturated rings. The molecule has 3 aromatic rings. The van der Waals surface area contributed by atoms with Crippen LogP contribution in [0.15, 0.2) is 72.1 Å². The summed E-state index contributed by atoms with van der Waals surface area (Å²) < 4.78 is 0. The standard InChI is InChI=1S/C25H23ClN6O/c1-17-25(23(33)32(29-17)20-9-7-19(26)8-10-20)15-18-5-2-3-6-21(18)31-14-13-30(16-22(25)31)24-27-11-4-12-28-24/h2-12,22H,13-16H2,1H3/t22-,25+/m0/s1. The molecule has 2 aromatic carbocycles. The maximum absolute atomic E-state index is 14.2. The molecule has 0 aliphatic carbocycles. The molecule has 33 heavy (non-hydrogen) atoms. The van der Waals surface area contributed by atoms with Crippen LogP contribution in [-0.2, 0) is 11.2 Å². The maximum Gasteiger partial charge on any atom is 0.261 e. The average Bonchev–Trinajstić information content (AvgIpc) is 3.10. The molecular weight excluding hydrogens is 436 g/mol. The first-order chi connectivity index (χ1) is 16.1. The van der Waals surface area contributed by atoms with Crippen molar-refractivity contribution < 1.29 is 4.79 Å². The van der Waals surface area contributed by atoms with Gasteiger partial charge in [-0.25, -0.2) is 9.97 Å². The number of fused-ring (bicyclic) bond motifs is 4. The van der Waals surface area contributed by atoms with Gasteiger partial charge in [0.05, 0.1) is 17.4 Å². The number of hydrazone groups is 1. The Balaban J connectivity index is 1.45. The zero-order valence-corrected chi connectivity index (χ0v) is 19.0. The number of piperazine rings is 1. The van der Waals surface area contributed by atoms with Crippen LogP contribution in [0.4, 0.5) is 17.3 Å². The predicted octanol–water partition coefficient (Wildman–Crippen LogP) is 3.79. The lowest BCUT2D eigenvalue weighted by atomic mass is 9.67. The van der Waals surface area contributed by atoms with Crippen molar-refractivity contribution in [2.45, 2.75) is 19.4 Å². The normalized spacial score (nSPS) is 24.1. The van der Waals surface area contributed by atoms with Crippen molar-refractivity contribution in [3.63, 3.8) is 0 Å². The number of para-hydroxylation sites is 1. The van der Waals surface area contributed by atoms with Gasteiger partial charge in [0, 0.05) is 42.7 Å². The fourth-order valence-electron chi connectivity index (χ4n) is 5.46. The van der Waals surface area contributed by atoms with Crippen LogP contribution < -0.4 is 14.8 Å². The van der Waals surface area contributed by atoms with Crippen molar-refractivity contribution in [2.75, 3.05) is 34.4 Å². The molecule has 0 radical (unpaired) electrons. The molecule has 1 spiro atoms. The second-order valence-corrected chi connectivity index (χ2v) is 9.20. The van der Waals surface area contributed by atoms with E-state index in [1.807, 2.05) is 31.2 Å². The van der Waals surface area contributed by atoms with Gasteiger partial charge in [0.25, 0.3) is 5.91 Å². The van der Waals surface area contributed by atoms with E-state index >= 15 is 0 Å². The van der Waals surface area contributed by atoms with Crippen LogP contribution in [0.25, 0.3) is 0 Å². The highest BCUT2D eigenvalue weighted by atomic mass is 35.5. The van der Waals surface area contributed by atoms with Crippen LogP contribution in [0.1, 0.15) is 12.5 Å². The molecule has 3 aliphatic heterocycles. The number of benzene rings is 2. The van der Waals surface area contributed by atoms with Crippen LogP contribution in [0, 0.1) is 5.41 Å². The molecule has 4 heterocycles. The maximum atomic E-state index is 14.2. The molecule has 0 saturated carbocycles. The van der Waals surface area contributed by atoms with E-state index in [2.05, 4.69) is 38.0 Å². The summed E-state index contributed by atoms with van der Waals surface area (Å²) in [6, 6.07) is 17.4. The summed E-state index contributed by atoms with van der Waals surface area (Å²) in [7, 11) is 0. The summed E-state index contributed by atoms with van der Waals surface area (Å²) >= 11 is 6.08. The highest BCUT2D eigenvalue weighted by molar-refractivity contribution is 6.30. The first kappa shape index (κ1) is 20.2. The second kappa shape index (κ2) is 7.56. The summed E-state index contributed by atoms with van der Waals surface area (Å²) in [5, 5.41) is 6.97. The van der Waals surface area contributed by atoms with Crippen molar-refractivity contribution in [3.8, 4) is 0 Å². The Kier molecular flexibility index (Phi) is 4.62. The SMILES string of the molecule is CC1=NN(c2ccc(Cl)cc2)C(=O)[C@]12Cc1ccccc1N1CCN(c3ncccn3)C[C@H]12. The Morgan fingerprint density at radius 2 is 1.76 bits per heavy atom. The van der Waals surface area contributed by atoms with Crippen LogP contribution in [-0.4, -0.2) is 47.3 Å². The molecule has 7 nitrogen and oxygen atoms in total. The molecular formula is C25H23ClN6O. The molecule has 0 bridgehead atoms. The van der Waals surface area contributed by atoms with E-state index in [-0.39, 0.29) is 11.9 Å². The number of anilines is 3. The molecule has 1 amide bonds. The van der Waals surface area contributed by atoms with Crippen molar-refractivity contribution in [3.05, 3.63) is 77.6 Å². The number of aromatic nitrogens is 2. The number of halogens is 1. The van der Waals surface area contributed by atoms with Crippen molar-refractivity contribution >= 4 is 40.5 Å². The monoisotopic (exact) mass is 458 g/mol. The highest BCUT2D eigenvalue weighted by Crippen LogP contribution is 2.48. The summed E-state index contributed by atoms with van der Waals surface area (Å²) in [6.07, 6.45) is 4.14. The topological polar surface area (TPSA) is 64.9 Å². The Bertz CT molecular complexity index is 1250. The number of hydrogen-bond acceptors (Lipinski definition) is 6. The van der Waals surface area contributed by atoms with E-state index in [4.69, 9.17) is 16.7 Å². The number of rotatable bonds is 2. The molecule has 1 saturated heterocycles. The fourth-order valence-corrected chi connectivity index (χ4v) is 5.59. The van der Waals surface area contributed by atoms with Crippen LogP contribution >= 0.6 is 11.6 Å². The van der Waals surface area contributed by atoms with Gasteiger partial charge in [0.2, 0.25) is 5.95 Å². The van der Waals surface area contributed by atoms with Gasteiger partial charge in [0.15, 0.2) is 0 Å². The summed E-state index contributed by atoms with van der Waals surface area (Å²) in [5.41, 5.74) is 3.18. The van der Waals surface area contributed by atoms with Gasteiger partial charge in [0.1, 0.15) is 5.41 Å². The predicted molar refractivity (Wildman–Crippen MR) is 130 cm³/mol. The Labute approximate surface area is 197 Å². The van der Waals surface area contributed by atoms with E-state index in [0.29, 0.717) is 23.9 Å². The van der Waals surface area contributed by atoms with Crippen molar-refractivity contribution in [2.24, 2.45) is 10.5 Å². The molecule has 6 rings (SSSR count). The van der Waals surface area contributed by atoms with Gasteiger partial charge in [-0.3, -0.25) is 4.79 Å². The first-order valence-electron chi connectivity index (χ1n) is 11.1. The van der Waals surface area contributed by atoms with Crippen LogP contribution in [0.5, 0.6) is 0 Å². The van der Waals surface area contributed by atoms with E-state index < -0.39 is 5.41 Å². The van der Waals surface area contributed by atoms with E-state index in [1.165, 1.54) is 11.3 Å². The van der Waals surface area contributed by atoms with Gasteiger partial charge in [-0.1, -0.05) is 29.8 Å². The minimum absolute atomic E-state index is 0.00246. The van der Waals surface area contributed by atoms with Gasteiger partial charge in [-0.2, -0.15) is 10.1 Å². The first-order valence-corrected chi connectivity index (χ1v) is 11.5. The molecule has 8 heteroatoms. The smallest absolute Gasteiger partial charge is 0.261 e. The van der Waals surface area contributed by atoms with Crippen LogP contribution in [0.2, 0.25) is 5.02 Å². The highest BCUT2D eigenvalue weighted by Gasteiger charge is 2.60. The van der Waals surface area contributed by atoms with Gasteiger partial charge < -0.3 is 9.80 Å². The van der Waals surface area contributed by atoms with Crippen LogP contribution in [0.3, 0.4) is 0 Å². The zero-order valence-electron chi connectivity index (χ0n) is 18.2. The number of nitrogens with zero attached hydrogens (tertiary/aromatic N) is 6. The zero-order chi connectivity index (χ0) is 22.6.